The Morgan fingerprint density at radius 2 is 1.39 bits per heavy atom. The van der Waals surface area contributed by atoms with Gasteiger partial charge >= 0.3 is 5.97 Å². The van der Waals surface area contributed by atoms with Gasteiger partial charge in [-0.3, -0.25) is 4.79 Å². The molecular formula is C15H30O3. The molecule has 18 heavy (non-hydrogen) atoms. The molecule has 3 heteroatoms. The predicted octanol–water partition coefficient (Wildman–Crippen LogP) is 3.99. The molecule has 3 nitrogen and oxygen atoms in total. The Hall–Kier alpha value is -0.570. The first-order chi connectivity index (χ1) is 8.59. The third-order valence-corrected chi connectivity index (χ3v) is 3.57. The fourth-order valence-corrected chi connectivity index (χ4v) is 2.08. The van der Waals surface area contributed by atoms with Gasteiger partial charge < -0.3 is 10.2 Å². The first-order valence-electron chi connectivity index (χ1n) is 7.50. The van der Waals surface area contributed by atoms with Crippen LogP contribution in [-0.4, -0.2) is 22.3 Å². The van der Waals surface area contributed by atoms with Crippen LogP contribution >= 0.6 is 0 Å². The maximum Gasteiger partial charge on any atom is 0.308 e. The average molecular weight is 258 g/mol. The summed E-state index contributed by atoms with van der Waals surface area (Å²) in [6.45, 7) is 3.80. The highest BCUT2D eigenvalue weighted by atomic mass is 16.4. The molecule has 0 aliphatic carbocycles. The van der Waals surface area contributed by atoms with E-state index in [0.717, 1.165) is 12.8 Å². The molecule has 0 aromatic heterocycles. The van der Waals surface area contributed by atoms with Crippen molar-refractivity contribution in [2.75, 3.05) is 0 Å². The van der Waals surface area contributed by atoms with E-state index in [1.807, 2.05) is 0 Å². The second-order valence-corrected chi connectivity index (χ2v) is 5.31. The molecule has 0 bridgehead atoms. The quantitative estimate of drug-likeness (QED) is 0.520. The summed E-state index contributed by atoms with van der Waals surface area (Å²) in [6.07, 6.45) is 11.1. The third kappa shape index (κ3) is 9.46. The summed E-state index contributed by atoms with van der Waals surface area (Å²) in [5.74, 6) is -1.54. The normalized spacial score (nSPS) is 14.4. The highest BCUT2D eigenvalue weighted by molar-refractivity contribution is 5.70. The number of carbonyl (C=O) groups is 1. The largest absolute Gasteiger partial charge is 0.481 e. The SMILES string of the molecule is CCCCCCCCCCCC(O)[C@@H](C)C(=O)O. The summed E-state index contributed by atoms with van der Waals surface area (Å²) in [4.78, 5) is 10.6. The number of aliphatic carboxylic acids is 1. The molecule has 0 aromatic rings. The Labute approximate surface area is 112 Å². The highest BCUT2D eigenvalue weighted by Gasteiger charge is 2.20. The Balaban J connectivity index is 3.27. The van der Waals surface area contributed by atoms with Crippen molar-refractivity contribution in [2.45, 2.75) is 84.2 Å². The van der Waals surface area contributed by atoms with E-state index in [9.17, 15) is 9.90 Å². The van der Waals surface area contributed by atoms with Crippen LogP contribution in [0.1, 0.15) is 78.1 Å². The van der Waals surface area contributed by atoms with E-state index in [-0.39, 0.29) is 0 Å². The van der Waals surface area contributed by atoms with E-state index < -0.39 is 18.0 Å². The zero-order valence-corrected chi connectivity index (χ0v) is 12.0. The molecule has 0 saturated heterocycles. The number of hydrogen-bond donors (Lipinski definition) is 2. The van der Waals surface area contributed by atoms with Crippen molar-refractivity contribution in [3.8, 4) is 0 Å². The van der Waals surface area contributed by atoms with Gasteiger partial charge in [0.1, 0.15) is 0 Å². The van der Waals surface area contributed by atoms with E-state index in [1.165, 1.54) is 44.9 Å². The highest BCUT2D eigenvalue weighted by Crippen LogP contribution is 2.14. The van der Waals surface area contributed by atoms with Gasteiger partial charge in [0.25, 0.3) is 0 Å². The monoisotopic (exact) mass is 258 g/mol. The molecular weight excluding hydrogens is 228 g/mol. The van der Waals surface area contributed by atoms with Crippen LogP contribution in [0.5, 0.6) is 0 Å². The van der Waals surface area contributed by atoms with Crippen LogP contribution in [0.3, 0.4) is 0 Å². The summed E-state index contributed by atoms with van der Waals surface area (Å²) in [7, 11) is 0. The maximum absolute atomic E-state index is 10.6. The molecule has 0 radical (unpaired) electrons. The van der Waals surface area contributed by atoms with Crippen molar-refractivity contribution in [1.29, 1.82) is 0 Å². The molecule has 0 spiro atoms. The van der Waals surface area contributed by atoms with Crippen LogP contribution in [0, 0.1) is 5.92 Å². The second kappa shape index (κ2) is 11.5. The van der Waals surface area contributed by atoms with Crippen LogP contribution in [0.2, 0.25) is 0 Å². The molecule has 0 aliphatic heterocycles. The van der Waals surface area contributed by atoms with Crippen LogP contribution < -0.4 is 0 Å². The van der Waals surface area contributed by atoms with E-state index >= 15 is 0 Å². The number of unbranched alkanes of at least 4 members (excludes halogenated alkanes) is 8. The van der Waals surface area contributed by atoms with Crippen LogP contribution in [-0.2, 0) is 4.79 Å². The van der Waals surface area contributed by atoms with Gasteiger partial charge in [0.15, 0.2) is 0 Å². The Morgan fingerprint density at radius 1 is 0.944 bits per heavy atom. The summed E-state index contributed by atoms with van der Waals surface area (Å²) in [5.41, 5.74) is 0. The predicted molar refractivity (Wildman–Crippen MR) is 74.7 cm³/mol. The average Bonchev–Trinajstić information content (AvgIpc) is 2.35. The van der Waals surface area contributed by atoms with Crippen molar-refractivity contribution in [3.05, 3.63) is 0 Å². The van der Waals surface area contributed by atoms with Gasteiger partial charge in [0.05, 0.1) is 12.0 Å². The van der Waals surface area contributed by atoms with Crippen molar-refractivity contribution in [1.82, 2.24) is 0 Å². The smallest absolute Gasteiger partial charge is 0.308 e. The molecule has 108 valence electrons. The minimum Gasteiger partial charge on any atom is -0.481 e. The molecule has 0 rings (SSSR count). The van der Waals surface area contributed by atoms with Gasteiger partial charge in [-0.15, -0.1) is 0 Å². The van der Waals surface area contributed by atoms with Crippen molar-refractivity contribution in [3.63, 3.8) is 0 Å². The van der Waals surface area contributed by atoms with E-state index in [0.29, 0.717) is 6.42 Å². The lowest BCUT2D eigenvalue weighted by Crippen LogP contribution is -2.25. The van der Waals surface area contributed by atoms with E-state index in [1.54, 1.807) is 6.92 Å². The number of carboxylic acid groups (broad SMARTS) is 1. The zero-order chi connectivity index (χ0) is 13.8. The number of rotatable bonds is 12. The van der Waals surface area contributed by atoms with E-state index in [4.69, 9.17) is 5.11 Å². The number of carboxylic acids is 1. The zero-order valence-electron chi connectivity index (χ0n) is 12.0. The Kier molecular flexibility index (Phi) is 11.2. The van der Waals surface area contributed by atoms with Gasteiger partial charge in [-0.2, -0.15) is 0 Å². The first-order valence-corrected chi connectivity index (χ1v) is 7.50. The fraction of sp³-hybridized carbons (Fsp3) is 0.933. The van der Waals surface area contributed by atoms with Crippen molar-refractivity contribution in [2.24, 2.45) is 5.92 Å². The number of aliphatic hydroxyl groups excluding tert-OH is 1. The summed E-state index contributed by atoms with van der Waals surface area (Å²) in [5, 5.41) is 18.3. The molecule has 0 aliphatic rings. The molecule has 2 atom stereocenters. The van der Waals surface area contributed by atoms with E-state index in [2.05, 4.69) is 6.92 Å². The van der Waals surface area contributed by atoms with Gasteiger partial charge in [-0.05, 0) is 13.3 Å². The van der Waals surface area contributed by atoms with Crippen LogP contribution in [0.4, 0.5) is 0 Å². The maximum atomic E-state index is 10.6. The standard InChI is InChI=1S/C15H30O3/c1-3-4-5-6-7-8-9-10-11-12-14(16)13(2)15(17)18/h13-14,16H,3-12H2,1-2H3,(H,17,18)/t13-,14?/m1/s1. The second-order valence-electron chi connectivity index (χ2n) is 5.31. The fourth-order valence-electron chi connectivity index (χ4n) is 2.08. The van der Waals surface area contributed by atoms with Crippen molar-refractivity contribution >= 4 is 5.97 Å². The minimum atomic E-state index is -0.904. The Morgan fingerprint density at radius 3 is 1.83 bits per heavy atom. The van der Waals surface area contributed by atoms with Crippen LogP contribution in [0.15, 0.2) is 0 Å². The third-order valence-electron chi connectivity index (χ3n) is 3.57. The molecule has 2 N–H and O–H groups in total. The molecule has 0 fully saturated rings. The molecule has 0 heterocycles. The molecule has 0 aromatic carbocycles. The summed E-state index contributed by atoms with van der Waals surface area (Å²) < 4.78 is 0. The summed E-state index contributed by atoms with van der Waals surface area (Å²) >= 11 is 0. The summed E-state index contributed by atoms with van der Waals surface area (Å²) in [6, 6.07) is 0. The van der Waals surface area contributed by atoms with Gasteiger partial charge in [0.2, 0.25) is 0 Å². The van der Waals surface area contributed by atoms with Crippen LogP contribution in [0.25, 0.3) is 0 Å². The lowest BCUT2D eigenvalue weighted by Gasteiger charge is -2.14. The Bertz CT molecular complexity index is 204. The van der Waals surface area contributed by atoms with Gasteiger partial charge in [-0.1, -0.05) is 64.7 Å². The lowest BCUT2D eigenvalue weighted by atomic mass is 9.98. The lowest BCUT2D eigenvalue weighted by molar-refractivity contribution is -0.144. The van der Waals surface area contributed by atoms with Gasteiger partial charge in [0, 0.05) is 0 Å². The van der Waals surface area contributed by atoms with Crippen molar-refractivity contribution < 1.29 is 15.0 Å². The number of aliphatic hydroxyl groups is 1. The minimum absolute atomic E-state index is 0.614. The van der Waals surface area contributed by atoms with Gasteiger partial charge in [-0.25, -0.2) is 0 Å². The topological polar surface area (TPSA) is 57.5 Å². The molecule has 0 saturated carbocycles. The molecule has 1 unspecified atom stereocenters. The number of hydrogen-bond acceptors (Lipinski definition) is 2. The first kappa shape index (κ1) is 17.4. The molecule has 0 amide bonds.